The third kappa shape index (κ3) is 4.84. The number of hydrogen-bond acceptors (Lipinski definition) is 3. The minimum atomic E-state index is -3.25. The van der Waals surface area contributed by atoms with Crippen LogP contribution in [0.4, 0.5) is 0 Å². The number of aliphatic carboxylic acids is 1. The summed E-state index contributed by atoms with van der Waals surface area (Å²) in [5.74, 6) is -0.182. The topological polar surface area (TPSA) is 71.4 Å². The molecule has 0 bridgehead atoms. The van der Waals surface area contributed by atoms with Gasteiger partial charge >= 0.3 is 5.97 Å². The van der Waals surface area contributed by atoms with Crippen molar-refractivity contribution in [2.24, 2.45) is 5.92 Å². The molecule has 5 heteroatoms. The van der Waals surface area contributed by atoms with Crippen molar-refractivity contribution >= 4 is 15.8 Å². The third-order valence-corrected chi connectivity index (χ3v) is 5.92. The lowest BCUT2D eigenvalue weighted by molar-refractivity contribution is -0.136. The van der Waals surface area contributed by atoms with Gasteiger partial charge in [-0.05, 0) is 30.0 Å². The van der Waals surface area contributed by atoms with E-state index in [-0.39, 0.29) is 12.2 Å². The lowest BCUT2D eigenvalue weighted by Gasteiger charge is -2.21. The van der Waals surface area contributed by atoms with Crippen LogP contribution in [0.25, 0.3) is 0 Å². The molecule has 0 unspecified atom stereocenters. The van der Waals surface area contributed by atoms with Crippen molar-refractivity contribution in [3.05, 3.63) is 29.8 Å². The number of carboxylic acid groups (broad SMARTS) is 1. The Balaban J connectivity index is 1.96. The van der Waals surface area contributed by atoms with E-state index in [1.165, 1.54) is 31.4 Å². The number of rotatable bonds is 6. The molecule has 116 valence electrons. The Bertz CT molecular complexity index is 569. The third-order valence-electron chi connectivity index (χ3n) is 4.16. The summed E-state index contributed by atoms with van der Waals surface area (Å²) in [6, 6.07) is 6.21. The molecule has 1 aliphatic carbocycles. The highest BCUT2D eigenvalue weighted by molar-refractivity contribution is 7.91. The zero-order valence-corrected chi connectivity index (χ0v) is 12.9. The molecule has 0 heterocycles. The maximum Gasteiger partial charge on any atom is 0.307 e. The van der Waals surface area contributed by atoms with Gasteiger partial charge in [-0.1, -0.05) is 44.2 Å². The highest BCUT2D eigenvalue weighted by Crippen LogP contribution is 2.27. The largest absolute Gasteiger partial charge is 0.481 e. The SMILES string of the molecule is O=C(O)Cc1ccc(S(=O)(=O)CCC2CCCCC2)cc1. The van der Waals surface area contributed by atoms with Crippen LogP contribution in [0.5, 0.6) is 0 Å². The molecule has 0 spiro atoms. The smallest absolute Gasteiger partial charge is 0.307 e. The van der Waals surface area contributed by atoms with Crippen LogP contribution in [0.2, 0.25) is 0 Å². The highest BCUT2D eigenvalue weighted by atomic mass is 32.2. The van der Waals surface area contributed by atoms with Crippen molar-refractivity contribution in [3.8, 4) is 0 Å². The second-order valence-corrected chi connectivity index (χ2v) is 7.94. The average molecular weight is 310 g/mol. The Morgan fingerprint density at radius 2 is 1.71 bits per heavy atom. The van der Waals surface area contributed by atoms with Crippen LogP contribution in [-0.2, 0) is 21.1 Å². The molecular weight excluding hydrogens is 288 g/mol. The van der Waals surface area contributed by atoms with Crippen LogP contribution < -0.4 is 0 Å². The first-order chi connectivity index (χ1) is 9.97. The van der Waals surface area contributed by atoms with Crippen molar-refractivity contribution in [3.63, 3.8) is 0 Å². The van der Waals surface area contributed by atoms with Gasteiger partial charge in [0.2, 0.25) is 0 Å². The Labute approximate surface area is 126 Å². The minimum Gasteiger partial charge on any atom is -0.481 e. The van der Waals surface area contributed by atoms with E-state index in [4.69, 9.17) is 5.11 Å². The number of carbonyl (C=O) groups is 1. The van der Waals surface area contributed by atoms with E-state index >= 15 is 0 Å². The summed E-state index contributed by atoms with van der Waals surface area (Å²) >= 11 is 0. The fraction of sp³-hybridized carbons (Fsp3) is 0.562. The zero-order valence-electron chi connectivity index (χ0n) is 12.1. The molecule has 0 amide bonds. The normalized spacial score (nSPS) is 16.8. The molecule has 1 N–H and O–H groups in total. The van der Waals surface area contributed by atoms with Crippen molar-refractivity contribution in [1.29, 1.82) is 0 Å². The maximum absolute atomic E-state index is 12.3. The summed E-state index contributed by atoms with van der Waals surface area (Å²) in [6.07, 6.45) is 6.65. The van der Waals surface area contributed by atoms with Gasteiger partial charge in [-0.25, -0.2) is 8.42 Å². The van der Waals surface area contributed by atoms with Crippen LogP contribution in [0.3, 0.4) is 0 Å². The molecule has 0 saturated heterocycles. The van der Waals surface area contributed by atoms with Gasteiger partial charge in [0.25, 0.3) is 0 Å². The van der Waals surface area contributed by atoms with Crippen molar-refractivity contribution in [2.45, 2.75) is 49.8 Å². The van der Waals surface area contributed by atoms with Crippen LogP contribution in [0, 0.1) is 5.92 Å². The van der Waals surface area contributed by atoms with Crippen LogP contribution >= 0.6 is 0 Å². The molecule has 21 heavy (non-hydrogen) atoms. The Morgan fingerprint density at radius 1 is 1.10 bits per heavy atom. The molecule has 1 aromatic carbocycles. The fourth-order valence-electron chi connectivity index (χ4n) is 2.90. The van der Waals surface area contributed by atoms with E-state index in [9.17, 15) is 13.2 Å². The highest BCUT2D eigenvalue weighted by Gasteiger charge is 2.19. The van der Waals surface area contributed by atoms with E-state index < -0.39 is 15.8 Å². The first-order valence-electron chi connectivity index (χ1n) is 7.51. The molecule has 1 saturated carbocycles. The average Bonchev–Trinajstić information content (AvgIpc) is 2.46. The number of sulfone groups is 1. The second-order valence-electron chi connectivity index (χ2n) is 5.83. The minimum absolute atomic E-state index is 0.0810. The first-order valence-corrected chi connectivity index (χ1v) is 9.16. The molecule has 0 atom stereocenters. The lowest BCUT2D eigenvalue weighted by Crippen LogP contribution is -2.14. The summed E-state index contributed by atoms with van der Waals surface area (Å²) in [6.45, 7) is 0. The second kappa shape index (κ2) is 7.07. The van der Waals surface area contributed by atoms with Gasteiger partial charge in [0.05, 0.1) is 17.1 Å². The molecule has 0 aromatic heterocycles. The summed E-state index contributed by atoms with van der Waals surface area (Å²) in [5, 5.41) is 8.71. The number of benzene rings is 1. The zero-order chi connectivity index (χ0) is 15.3. The van der Waals surface area contributed by atoms with Crippen molar-refractivity contribution < 1.29 is 18.3 Å². The lowest BCUT2D eigenvalue weighted by atomic mass is 9.88. The standard InChI is InChI=1S/C16H22O4S/c17-16(18)12-14-6-8-15(9-7-14)21(19,20)11-10-13-4-2-1-3-5-13/h6-9,13H,1-5,10-12H2,(H,17,18). The van der Waals surface area contributed by atoms with Gasteiger partial charge in [-0.2, -0.15) is 0 Å². The molecule has 1 aromatic rings. The summed E-state index contributed by atoms with van der Waals surface area (Å²) in [7, 11) is -3.25. The number of hydrogen-bond donors (Lipinski definition) is 1. The first kappa shape index (κ1) is 16.0. The Kier molecular flexibility index (Phi) is 5.39. The van der Waals surface area contributed by atoms with Crippen LogP contribution in [0.15, 0.2) is 29.2 Å². The molecule has 0 radical (unpaired) electrons. The van der Waals surface area contributed by atoms with E-state index in [0.29, 0.717) is 16.4 Å². The van der Waals surface area contributed by atoms with Gasteiger partial charge in [-0.15, -0.1) is 0 Å². The van der Waals surface area contributed by atoms with E-state index in [1.807, 2.05) is 0 Å². The van der Waals surface area contributed by atoms with Crippen LogP contribution in [0.1, 0.15) is 44.1 Å². The van der Waals surface area contributed by atoms with Gasteiger partial charge in [0.15, 0.2) is 9.84 Å². The molecule has 1 aliphatic rings. The quantitative estimate of drug-likeness (QED) is 0.876. The predicted molar refractivity (Wildman–Crippen MR) is 81.0 cm³/mol. The summed E-state index contributed by atoms with van der Waals surface area (Å²) in [5.41, 5.74) is 0.619. The molecule has 4 nitrogen and oxygen atoms in total. The van der Waals surface area contributed by atoms with E-state index in [1.54, 1.807) is 12.1 Å². The van der Waals surface area contributed by atoms with Gasteiger partial charge in [0, 0.05) is 0 Å². The van der Waals surface area contributed by atoms with Crippen LogP contribution in [-0.4, -0.2) is 25.2 Å². The molecule has 2 rings (SSSR count). The van der Waals surface area contributed by atoms with Gasteiger partial charge < -0.3 is 5.11 Å². The van der Waals surface area contributed by atoms with E-state index in [0.717, 1.165) is 19.3 Å². The fourth-order valence-corrected chi connectivity index (χ4v) is 4.33. The summed E-state index contributed by atoms with van der Waals surface area (Å²) in [4.78, 5) is 10.9. The van der Waals surface area contributed by atoms with Gasteiger partial charge in [-0.3, -0.25) is 4.79 Å². The monoisotopic (exact) mass is 310 g/mol. The molecular formula is C16H22O4S. The number of carboxylic acids is 1. The Hall–Kier alpha value is -1.36. The van der Waals surface area contributed by atoms with Crippen molar-refractivity contribution in [2.75, 3.05) is 5.75 Å². The Morgan fingerprint density at radius 3 is 2.29 bits per heavy atom. The van der Waals surface area contributed by atoms with E-state index in [2.05, 4.69) is 0 Å². The molecule has 0 aliphatic heterocycles. The predicted octanol–water partition coefficient (Wildman–Crippen LogP) is 3.06. The maximum atomic E-state index is 12.3. The molecule has 1 fully saturated rings. The summed E-state index contributed by atoms with van der Waals surface area (Å²) < 4.78 is 24.6. The van der Waals surface area contributed by atoms with Gasteiger partial charge in [0.1, 0.15) is 0 Å². The van der Waals surface area contributed by atoms with Crippen molar-refractivity contribution in [1.82, 2.24) is 0 Å².